The highest BCUT2D eigenvalue weighted by molar-refractivity contribution is 9.10. The Morgan fingerprint density at radius 3 is 2.67 bits per heavy atom. The average molecular weight is 549 g/mol. The van der Waals surface area contributed by atoms with Crippen molar-refractivity contribution in [3.63, 3.8) is 0 Å². The lowest BCUT2D eigenvalue weighted by atomic mass is 9.83. The zero-order valence-corrected chi connectivity index (χ0v) is 21.5. The molecule has 3 aromatic rings. The van der Waals surface area contributed by atoms with Crippen LogP contribution in [0.1, 0.15) is 47.2 Å². The number of halogens is 1. The van der Waals surface area contributed by atoms with Crippen molar-refractivity contribution in [2.75, 3.05) is 13.7 Å². The number of hydrogen-bond donors (Lipinski definition) is 1. The maximum atomic E-state index is 13.0. The number of unbranched alkanes of at least 4 members (excludes halogenated alkanes) is 1. The van der Waals surface area contributed by atoms with Crippen LogP contribution < -0.4 is 24.7 Å². The summed E-state index contributed by atoms with van der Waals surface area (Å²) in [6, 6.07) is 19.7. The number of carbonyl (C=O) groups excluding carboxylic acids is 1. The van der Waals surface area contributed by atoms with Crippen molar-refractivity contribution in [1.29, 1.82) is 5.26 Å². The maximum Gasteiger partial charge on any atom is 0.347 e. The van der Waals surface area contributed by atoms with Crippen LogP contribution in [0, 0.1) is 11.3 Å². The number of rotatable bonds is 8. The molecule has 4 rings (SSSR count). The van der Waals surface area contributed by atoms with Crippen LogP contribution in [0.5, 0.6) is 23.0 Å². The molecule has 0 amide bonds. The van der Waals surface area contributed by atoms with Crippen molar-refractivity contribution >= 4 is 21.9 Å². The van der Waals surface area contributed by atoms with Gasteiger partial charge in [-0.3, -0.25) is 0 Å². The number of fused-ring (bicyclic) bond motifs is 1. The van der Waals surface area contributed by atoms with Gasteiger partial charge < -0.3 is 24.7 Å². The molecule has 1 unspecified atom stereocenters. The molecule has 0 fully saturated rings. The zero-order chi connectivity index (χ0) is 25.7. The predicted octanol–water partition coefficient (Wildman–Crippen LogP) is 6.07. The lowest BCUT2D eigenvalue weighted by Gasteiger charge is -2.27. The van der Waals surface area contributed by atoms with Crippen LogP contribution >= 0.6 is 15.9 Å². The smallest absolute Gasteiger partial charge is 0.347 e. The van der Waals surface area contributed by atoms with Gasteiger partial charge in [0.1, 0.15) is 40.2 Å². The first kappa shape index (κ1) is 25.1. The Labute approximate surface area is 218 Å². The van der Waals surface area contributed by atoms with Crippen LogP contribution in [-0.2, 0) is 0 Å². The lowest BCUT2D eigenvalue weighted by molar-refractivity contribution is 0.0730. The normalized spacial score (nSPS) is 14.3. The topological polar surface area (TPSA) is 104 Å². The van der Waals surface area contributed by atoms with E-state index in [0.717, 1.165) is 22.9 Å². The highest BCUT2D eigenvalue weighted by atomic mass is 79.9. The van der Waals surface area contributed by atoms with Crippen LogP contribution in [0.15, 0.2) is 76.6 Å². The SMILES string of the molecule is CCCCOc1ccccc1C(=O)Oc1ccc2c(c1)OC(N)=C(C#N)C2c1cc(Br)ccc1OC. The molecule has 0 saturated heterocycles. The van der Waals surface area contributed by atoms with E-state index in [4.69, 9.17) is 24.7 Å². The van der Waals surface area contributed by atoms with Crippen LogP contribution in [-0.4, -0.2) is 19.7 Å². The summed E-state index contributed by atoms with van der Waals surface area (Å²) < 4.78 is 23.6. The maximum absolute atomic E-state index is 13.0. The summed E-state index contributed by atoms with van der Waals surface area (Å²) in [4.78, 5) is 13.0. The largest absolute Gasteiger partial charge is 0.496 e. The van der Waals surface area contributed by atoms with E-state index in [1.54, 1.807) is 43.5 Å². The van der Waals surface area contributed by atoms with E-state index in [1.165, 1.54) is 0 Å². The Morgan fingerprint density at radius 1 is 1.11 bits per heavy atom. The number of nitrogens with two attached hydrogens (primary N) is 1. The first-order chi connectivity index (χ1) is 17.5. The molecule has 0 aliphatic carbocycles. The van der Waals surface area contributed by atoms with Gasteiger partial charge in [0.05, 0.1) is 19.6 Å². The molecular weight excluding hydrogens is 524 g/mol. The minimum atomic E-state index is -0.552. The minimum absolute atomic E-state index is 0.0184. The average Bonchev–Trinajstić information content (AvgIpc) is 2.88. The Bertz CT molecular complexity index is 1360. The highest BCUT2D eigenvalue weighted by Crippen LogP contribution is 2.46. The fourth-order valence-electron chi connectivity index (χ4n) is 4.00. The molecule has 0 bridgehead atoms. The summed E-state index contributed by atoms with van der Waals surface area (Å²) in [5, 5.41) is 9.85. The van der Waals surface area contributed by atoms with Crippen molar-refractivity contribution in [2.45, 2.75) is 25.7 Å². The Balaban J connectivity index is 1.67. The predicted molar refractivity (Wildman–Crippen MR) is 138 cm³/mol. The molecule has 2 N–H and O–H groups in total. The van der Waals surface area contributed by atoms with Crippen molar-refractivity contribution in [2.24, 2.45) is 5.73 Å². The Morgan fingerprint density at radius 2 is 1.92 bits per heavy atom. The van der Waals surface area contributed by atoms with E-state index < -0.39 is 11.9 Å². The number of carbonyl (C=O) groups is 1. The summed E-state index contributed by atoms with van der Waals surface area (Å²) in [6.07, 6.45) is 1.87. The molecule has 1 aliphatic heterocycles. The van der Waals surface area contributed by atoms with Crippen LogP contribution in [0.4, 0.5) is 0 Å². The molecule has 0 aromatic heterocycles. The summed E-state index contributed by atoms with van der Waals surface area (Å²) in [5.41, 5.74) is 8.18. The Hall–Kier alpha value is -3.96. The first-order valence-corrected chi connectivity index (χ1v) is 12.2. The summed E-state index contributed by atoms with van der Waals surface area (Å²) in [6.45, 7) is 2.58. The van der Waals surface area contributed by atoms with Crippen molar-refractivity contribution < 1.29 is 23.7 Å². The van der Waals surface area contributed by atoms with Crippen LogP contribution in [0.25, 0.3) is 0 Å². The second-order valence-electron chi connectivity index (χ2n) is 8.10. The quantitative estimate of drug-likeness (QED) is 0.207. The number of nitrogens with zero attached hydrogens (tertiary/aromatic N) is 1. The van der Waals surface area contributed by atoms with Crippen LogP contribution in [0.2, 0.25) is 0 Å². The minimum Gasteiger partial charge on any atom is -0.496 e. The summed E-state index contributed by atoms with van der Waals surface area (Å²) in [5.74, 6) is 0.638. The summed E-state index contributed by atoms with van der Waals surface area (Å²) in [7, 11) is 1.57. The van der Waals surface area contributed by atoms with E-state index in [-0.39, 0.29) is 17.2 Å². The number of hydrogen-bond acceptors (Lipinski definition) is 7. The molecule has 0 radical (unpaired) electrons. The number of benzene rings is 3. The molecule has 0 spiro atoms. The van der Waals surface area contributed by atoms with Gasteiger partial charge in [0.15, 0.2) is 0 Å². The van der Waals surface area contributed by atoms with Crippen molar-refractivity contribution in [1.82, 2.24) is 0 Å². The highest BCUT2D eigenvalue weighted by Gasteiger charge is 2.33. The molecule has 1 atom stereocenters. The molecule has 0 saturated carbocycles. The standard InChI is InChI=1S/C28H25BrN2O5/c1-3-4-13-34-24-8-6-5-7-20(24)28(32)35-18-10-11-19-25(15-18)36-27(31)22(16-30)26(19)21-14-17(29)9-12-23(21)33-2/h5-12,14-15,26H,3-4,13,31H2,1-2H3. The molecule has 7 nitrogen and oxygen atoms in total. The van der Waals surface area contributed by atoms with Gasteiger partial charge in [-0.25, -0.2) is 4.79 Å². The lowest BCUT2D eigenvalue weighted by Crippen LogP contribution is -2.21. The molecule has 1 heterocycles. The van der Waals surface area contributed by atoms with E-state index in [1.807, 2.05) is 24.3 Å². The summed E-state index contributed by atoms with van der Waals surface area (Å²) >= 11 is 3.49. The molecule has 1 aliphatic rings. The Kier molecular flexibility index (Phi) is 7.81. The molecule has 3 aromatic carbocycles. The number of ether oxygens (including phenoxy) is 4. The second kappa shape index (κ2) is 11.2. The number of methoxy groups -OCH3 is 1. The van der Waals surface area contributed by atoms with Gasteiger partial charge in [0.2, 0.25) is 5.88 Å². The molecule has 36 heavy (non-hydrogen) atoms. The van der Waals surface area contributed by atoms with E-state index in [9.17, 15) is 10.1 Å². The van der Waals surface area contributed by atoms with Gasteiger partial charge in [-0.1, -0.05) is 47.5 Å². The first-order valence-electron chi connectivity index (χ1n) is 11.5. The van der Waals surface area contributed by atoms with Crippen LogP contribution in [0.3, 0.4) is 0 Å². The molecule has 8 heteroatoms. The van der Waals surface area contributed by atoms with Crippen molar-refractivity contribution in [3.8, 4) is 29.1 Å². The third-order valence-corrected chi connectivity index (χ3v) is 6.26. The fraction of sp³-hybridized carbons (Fsp3) is 0.214. The third kappa shape index (κ3) is 5.16. The monoisotopic (exact) mass is 548 g/mol. The van der Waals surface area contributed by atoms with Gasteiger partial charge in [0.25, 0.3) is 0 Å². The van der Waals surface area contributed by atoms with E-state index in [0.29, 0.717) is 35.0 Å². The van der Waals surface area contributed by atoms with Gasteiger partial charge >= 0.3 is 5.97 Å². The van der Waals surface area contributed by atoms with Gasteiger partial charge in [-0.2, -0.15) is 5.26 Å². The van der Waals surface area contributed by atoms with Gasteiger partial charge in [-0.05, 0) is 42.8 Å². The fourth-order valence-corrected chi connectivity index (χ4v) is 4.38. The number of nitriles is 1. The third-order valence-electron chi connectivity index (χ3n) is 5.77. The van der Waals surface area contributed by atoms with Gasteiger partial charge in [-0.15, -0.1) is 0 Å². The number of allylic oxidation sites excluding steroid dienone is 1. The van der Waals surface area contributed by atoms with Crippen molar-refractivity contribution in [3.05, 3.63) is 93.3 Å². The molecule has 184 valence electrons. The number of para-hydroxylation sites is 1. The zero-order valence-electron chi connectivity index (χ0n) is 19.9. The van der Waals surface area contributed by atoms with E-state index >= 15 is 0 Å². The van der Waals surface area contributed by atoms with E-state index in [2.05, 4.69) is 28.9 Å². The molecular formula is C28H25BrN2O5. The second-order valence-corrected chi connectivity index (χ2v) is 9.01. The number of esters is 1. The van der Waals surface area contributed by atoms with Gasteiger partial charge in [0, 0.05) is 21.7 Å².